The lowest BCUT2D eigenvalue weighted by molar-refractivity contribution is 0.102. The van der Waals surface area contributed by atoms with Crippen LogP contribution in [0.4, 0.5) is 5.69 Å². The Kier molecular flexibility index (Phi) is 3.32. The summed E-state index contributed by atoms with van der Waals surface area (Å²) >= 11 is 1.40. The van der Waals surface area contributed by atoms with E-state index >= 15 is 0 Å². The first-order valence-electron chi connectivity index (χ1n) is 7.72. The highest BCUT2D eigenvalue weighted by atomic mass is 32.1. The highest BCUT2D eigenvalue weighted by molar-refractivity contribution is 7.13. The van der Waals surface area contributed by atoms with Gasteiger partial charge in [-0.25, -0.2) is 4.98 Å². The number of amides is 1. The molecule has 4 aromatic rings. The van der Waals surface area contributed by atoms with Gasteiger partial charge in [-0.15, -0.1) is 21.5 Å². The van der Waals surface area contributed by atoms with E-state index in [9.17, 15) is 4.79 Å². The molecule has 0 fully saturated rings. The van der Waals surface area contributed by atoms with Crippen molar-refractivity contribution in [1.29, 1.82) is 0 Å². The van der Waals surface area contributed by atoms with E-state index in [1.807, 2.05) is 18.2 Å². The van der Waals surface area contributed by atoms with Crippen LogP contribution in [0.25, 0.3) is 16.2 Å². The first-order valence-corrected chi connectivity index (χ1v) is 8.60. The average Bonchev–Trinajstić information content (AvgIpc) is 3.39. The molecule has 8 nitrogen and oxygen atoms in total. The van der Waals surface area contributed by atoms with Gasteiger partial charge in [0.15, 0.2) is 17.1 Å². The smallest absolute Gasteiger partial charge is 0.275 e. The van der Waals surface area contributed by atoms with Gasteiger partial charge in [-0.1, -0.05) is 0 Å². The topological polar surface area (TPSA) is 90.6 Å². The highest BCUT2D eigenvalue weighted by Crippen LogP contribution is 2.36. The fourth-order valence-corrected chi connectivity index (χ4v) is 3.43. The quantitative estimate of drug-likeness (QED) is 0.600. The first-order chi connectivity index (χ1) is 12.8. The SMILES string of the molecule is O=C(Nc1ccc2nncn2c1)c1csc(-c2ccc3c(c2)OCO3)n1. The summed E-state index contributed by atoms with van der Waals surface area (Å²) in [5, 5.41) is 13.0. The number of aromatic nitrogens is 4. The molecule has 26 heavy (non-hydrogen) atoms. The largest absolute Gasteiger partial charge is 0.454 e. The van der Waals surface area contributed by atoms with Gasteiger partial charge in [-0.2, -0.15) is 0 Å². The summed E-state index contributed by atoms with van der Waals surface area (Å²) in [4.78, 5) is 16.9. The molecule has 1 aromatic carbocycles. The van der Waals surface area contributed by atoms with Crippen molar-refractivity contribution in [3.05, 3.63) is 53.9 Å². The predicted molar refractivity (Wildman–Crippen MR) is 94.6 cm³/mol. The van der Waals surface area contributed by atoms with Gasteiger partial charge in [0.25, 0.3) is 5.91 Å². The molecule has 3 aromatic heterocycles. The number of ether oxygens (including phenoxy) is 2. The standard InChI is InChI=1S/C17H11N5O3S/c23-16(19-11-2-4-15-21-18-8-22(15)6-11)12-7-26-17(20-12)10-1-3-13-14(5-10)25-9-24-13/h1-8H,9H2,(H,19,23). The summed E-state index contributed by atoms with van der Waals surface area (Å²) in [7, 11) is 0. The number of pyridine rings is 1. The molecule has 128 valence electrons. The molecule has 1 aliphatic heterocycles. The number of thiazole rings is 1. The van der Waals surface area contributed by atoms with Crippen molar-refractivity contribution < 1.29 is 14.3 Å². The zero-order chi connectivity index (χ0) is 17.5. The average molecular weight is 365 g/mol. The molecule has 0 bridgehead atoms. The molecule has 0 atom stereocenters. The van der Waals surface area contributed by atoms with Gasteiger partial charge >= 0.3 is 0 Å². The van der Waals surface area contributed by atoms with Gasteiger partial charge < -0.3 is 14.8 Å². The lowest BCUT2D eigenvalue weighted by atomic mass is 10.2. The number of nitrogens with one attached hydrogen (secondary N) is 1. The number of fused-ring (bicyclic) bond motifs is 2. The maximum atomic E-state index is 12.5. The number of hydrogen-bond acceptors (Lipinski definition) is 7. The Balaban J connectivity index is 1.38. The molecule has 5 rings (SSSR count). The third-order valence-corrected chi connectivity index (χ3v) is 4.80. The second-order valence-electron chi connectivity index (χ2n) is 5.57. The molecule has 9 heteroatoms. The normalized spacial score (nSPS) is 12.5. The predicted octanol–water partition coefficient (Wildman–Crippen LogP) is 2.83. The van der Waals surface area contributed by atoms with Crippen LogP contribution in [0.15, 0.2) is 48.2 Å². The van der Waals surface area contributed by atoms with Crippen LogP contribution in [-0.2, 0) is 0 Å². The molecule has 0 spiro atoms. The van der Waals surface area contributed by atoms with E-state index in [2.05, 4.69) is 20.5 Å². The molecule has 0 aliphatic carbocycles. The third-order valence-electron chi connectivity index (χ3n) is 3.91. The number of carbonyl (C=O) groups excluding carboxylic acids is 1. The molecule has 0 radical (unpaired) electrons. The summed E-state index contributed by atoms with van der Waals surface area (Å²) in [6.07, 6.45) is 3.32. The van der Waals surface area contributed by atoms with Crippen LogP contribution < -0.4 is 14.8 Å². The summed E-state index contributed by atoms with van der Waals surface area (Å²) in [6.45, 7) is 0.223. The molecule has 1 aliphatic rings. The van der Waals surface area contributed by atoms with Crippen molar-refractivity contribution in [2.75, 3.05) is 12.1 Å². The molecule has 1 amide bonds. The van der Waals surface area contributed by atoms with Gasteiger partial charge in [-0.05, 0) is 30.3 Å². The van der Waals surface area contributed by atoms with Crippen molar-refractivity contribution in [3.63, 3.8) is 0 Å². The second kappa shape index (κ2) is 5.81. The van der Waals surface area contributed by atoms with E-state index in [1.165, 1.54) is 11.3 Å². The summed E-state index contributed by atoms with van der Waals surface area (Å²) in [6, 6.07) is 9.15. The Morgan fingerprint density at radius 3 is 3.08 bits per heavy atom. The summed E-state index contributed by atoms with van der Waals surface area (Å²) < 4.78 is 12.4. The lowest BCUT2D eigenvalue weighted by Crippen LogP contribution is -2.12. The van der Waals surface area contributed by atoms with E-state index in [0.29, 0.717) is 28.5 Å². The van der Waals surface area contributed by atoms with Crippen molar-refractivity contribution in [2.45, 2.75) is 0 Å². The van der Waals surface area contributed by atoms with E-state index in [1.54, 1.807) is 34.4 Å². The number of benzene rings is 1. The summed E-state index contributed by atoms with van der Waals surface area (Å²) in [5.41, 5.74) is 2.58. The van der Waals surface area contributed by atoms with E-state index in [4.69, 9.17) is 9.47 Å². The fourth-order valence-electron chi connectivity index (χ4n) is 2.64. The molecule has 0 saturated heterocycles. The van der Waals surface area contributed by atoms with Crippen LogP contribution in [-0.4, -0.2) is 32.3 Å². The molecule has 0 unspecified atom stereocenters. The Hall–Kier alpha value is -3.46. The van der Waals surface area contributed by atoms with Gasteiger partial charge in [0.2, 0.25) is 6.79 Å². The number of rotatable bonds is 3. The lowest BCUT2D eigenvalue weighted by Gasteiger charge is -2.03. The van der Waals surface area contributed by atoms with Gasteiger partial charge in [0.05, 0.1) is 5.69 Å². The molecule has 1 N–H and O–H groups in total. The maximum Gasteiger partial charge on any atom is 0.275 e. The zero-order valence-electron chi connectivity index (χ0n) is 13.2. The maximum absolute atomic E-state index is 12.5. The monoisotopic (exact) mass is 365 g/mol. The fraction of sp³-hybridized carbons (Fsp3) is 0.0588. The van der Waals surface area contributed by atoms with Crippen LogP contribution in [0, 0.1) is 0 Å². The molecular weight excluding hydrogens is 354 g/mol. The minimum absolute atomic E-state index is 0.223. The highest BCUT2D eigenvalue weighted by Gasteiger charge is 2.17. The van der Waals surface area contributed by atoms with E-state index in [-0.39, 0.29) is 12.7 Å². The van der Waals surface area contributed by atoms with Gasteiger partial charge in [0.1, 0.15) is 17.0 Å². The zero-order valence-corrected chi connectivity index (χ0v) is 14.1. The van der Waals surface area contributed by atoms with Gasteiger partial charge in [-0.3, -0.25) is 9.20 Å². The van der Waals surface area contributed by atoms with Gasteiger partial charge in [0, 0.05) is 17.1 Å². The number of anilines is 1. The Morgan fingerprint density at radius 1 is 1.19 bits per heavy atom. The van der Waals surface area contributed by atoms with E-state index in [0.717, 1.165) is 10.6 Å². The number of nitrogens with zero attached hydrogens (tertiary/aromatic N) is 4. The van der Waals surface area contributed by atoms with Crippen molar-refractivity contribution in [3.8, 4) is 22.1 Å². The van der Waals surface area contributed by atoms with Crippen LogP contribution >= 0.6 is 11.3 Å². The Morgan fingerprint density at radius 2 is 2.12 bits per heavy atom. The molecule has 0 saturated carbocycles. The first kappa shape index (κ1) is 14.8. The number of hydrogen-bond donors (Lipinski definition) is 1. The summed E-state index contributed by atoms with van der Waals surface area (Å²) in [5.74, 6) is 1.12. The Bertz CT molecular complexity index is 1140. The molecule has 4 heterocycles. The minimum Gasteiger partial charge on any atom is -0.454 e. The molecular formula is C17H11N5O3S. The van der Waals surface area contributed by atoms with Crippen LogP contribution in [0.3, 0.4) is 0 Å². The Labute approximate surface area is 151 Å². The van der Waals surface area contributed by atoms with Crippen LogP contribution in [0.5, 0.6) is 11.5 Å². The van der Waals surface area contributed by atoms with Crippen molar-refractivity contribution in [1.82, 2.24) is 19.6 Å². The second-order valence-corrected chi connectivity index (χ2v) is 6.43. The van der Waals surface area contributed by atoms with Crippen molar-refractivity contribution >= 4 is 28.6 Å². The van der Waals surface area contributed by atoms with E-state index < -0.39 is 0 Å². The number of carbonyl (C=O) groups is 1. The third kappa shape index (κ3) is 2.54. The van der Waals surface area contributed by atoms with Crippen LogP contribution in [0.1, 0.15) is 10.5 Å². The minimum atomic E-state index is -0.277. The van der Waals surface area contributed by atoms with Crippen molar-refractivity contribution in [2.24, 2.45) is 0 Å². The van der Waals surface area contributed by atoms with Crippen LogP contribution in [0.2, 0.25) is 0 Å².